The van der Waals surface area contributed by atoms with Gasteiger partial charge in [-0.05, 0) is 32.4 Å². The molecule has 1 heterocycles. The van der Waals surface area contributed by atoms with E-state index in [-0.39, 0.29) is 0 Å². The second kappa shape index (κ2) is 3.35. The highest BCUT2D eigenvalue weighted by Gasteiger charge is 2.21. The second-order valence-electron chi connectivity index (χ2n) is 3.50. The zero-order valence-corrected chi connectivity index (χ0v) is 7.01. The molecule has 1 aliphatic rings. The van der Waals surface area contributed by atoms with Crippen LogP contribution in [0.3, 0.4) is 0 Å². The van der Waals surface area contributed by atoms with E-state index in [1.807, 2.05) is 0 Å². The van der Waals surface area contributed by atoms with E-state index in [4.69, 9.17) is 5.73 Å². The molecule has 60 valence electrons. The average Bonchev–Trinajstić information content (AvgIpc) is 1.94. The summed E-state index contributed by atoms with van der Waals surface area (Å²) in [6.07, 6.45) is 2.62. The van der Waals surface area contributed by atoms with Crippen LogP contribution < -0.4 is 5.73 Å². The lowest BCUT2D eigenvalue weighted by Gasteiger charge is -2.34. The summed E-state index contributed by atoms with van der Waals surface area (Å²) in [7, 11) is 2.17. The summed E-state index contributed by atoms with van der Waals surface area (Å²) >= 11 is 0. The minimum absolute atomic E-state index is 0.642. The molecule has 10 heavy (non-hydrogen) atoms. The van der Waals surface area contributed by atoms with E-state index in [0.717, 1.165) is 12.5 Å². The number of likely N-dealkylation sites (N-methyl/N-ethyl adjacent to an activating group) is 1. The molecule has 0 amide bonds. The Morgan fingerprint density at radius 1 is 1.60 bits per heavy atom. The summed E-state index contributed by atoms with van der Waals surface area (Å²) in [5.74, 6) is 0.879. The number of nitrogens with zero attached hydrogens (tertiary/aromatic N) is 1. The van der Waals surface area contributed by atoms with Gasteiger partial charge in [0.25, 0.3) is 0 Å². The van der Waals surface area contributed by atoms with Gasteiger partial charge >= 0.3 is 0 Å². The van der Waals surface area contributed by atoms with Crippen LogP contribution in [0.15, 0.2) is 0 Å². The maximum atomic E-state index is 5.61. The Morgan fingerprint density at radius 2 is 2.30 bits per heavy atom. The molecule has 0 aliphatic carbocycles. The van der Waals surface area contributed by atoms with Crippen molar-refractivity contribution >= 4 is 0 Å². The molecule has 2 unspecified atom stereocenters. The maximum Gasteiger partial charge on any atom is 0.0217 e. The lowest BCUT2D eigenvalue weighted by atomic mass is 9.93. The number of hydrogen-bond acceptors (Lipinski definition) is 2. The number of rotatable bonds is 1. The first-order valence-corrected chi connectivity index (χ1v) is 4.14. The van der Waals surface area contributed by atoms with E-state index in [1.54, 1.807) is 0 Å². The minimum atomic E-state index is 0.642. The highest BCUT2D eigenvalue weighted by molar-refractivity contribution is 4.77. The third-order valence-electron chi connectivity index (χ3n) is 2.54. The van der Waals surface area contributed by atoms with E-state index in [2.05, 4.69) is 18.9 Å². The number of likely N-dealkylation sites (tertiary alicyclic amines) is 1. The third kappa shape index (κ3) is 1.70. The van der Waals surface area contributed by atoms with Crippen LogP contribution in [0.1, 0.15) is 19.8 Å². The van der Waals surface area contributed by atoms with Gasteiger partial charge in [0.15, 0.2) is 0 Å². The lowest BCUT2D eigenvalue weighted by Crippen LogP contribution is -2.43. The van der Waals surface area contributed by atoms with Gasteiger partial charge < -0.3 is 10.6 Å². The second-order valence-corrected chi connectivity index (χ2v) is 3.50. The molecule has 0 radical (unpaired) electrons. The maximum absolute atomic E-state index is 5.61. The van der Waals surface area contributed by atoms with E-state index in [1.165, 1.54) is 19.4 Å². The fourth-order valence-electron chi connectivity index (χ4n) is 1.65. The van der Waals surface area contributed by atoms with Crippen molar-refractivity contribution in [2.45, 2.75) is 25.8 Å². The van der Waals surface area contributed by atoms with E-state index in [0.29, 0.717) is 6.04 Å². The van der Waals surface area contributed by atoms with Crippen molar-refractivity contribution < 1.29 is 0 Å². The smallest absolute Gasteiger partial charge is 0.0217 e. The summed E-state index contributed by atoms with van der Waals surface area (Å²) < 4.78 is 0. The molecular weight excluding hydrogens is 124 g/mol. The van der Waals surface area contributed by atoms with Gasteiger partial charge in [0, 0.05) is 12.6 Å². The van der Waals surface area contributed by atoms with Gasteiger partial charge in [-0.25, -0.2) is 0 Å². The standard InChI is InChI=1S/C8H18N2/c1-7-3-4-10(2)8(5-7)6-9/h7-8H,3-6,9H2,1-2H3. The molecule has 1 rings (SSSR count). The molecule has 0 saturated carbocycles. The van der Waals surface area contributed by atoms with Crippen LogP contribution >= 0.6 is 0 Å². The highest BCUT2D eigenvalue weighted by atomic mass is 15.1. The molecule has 0 bridgehead atoms. The van der Waals surface area contributed by atoms with Crippen molar-refractivity contribution in [1.29, 1.82) is 0 Å². The Bertz CT molecular complexity index is 103. The fourth-order valence-corrected chi connectivity index (χ4v) is 1.65. The quantitative estimate of drug-likeness (QED) is 0.583. The summed E-state index contributed by atoms with van der Waals surface area (Å²) in [6, 6.07) is 0.642. The summed E-state index contributed by atoms with van der Waals surface area (Å²) in [4.78, 5) is 2.38. The first-order valence-electron chi connectivity index (χ1n) is 4.14. The Balaban J connectivity index is 2.38. The van der Waals surface area contributed by atoms with Gasteiger partial charge in [0.1, 0.15) is 0 Å². The van der Waals surface area contributed by atoms with Crippen molar-refractivity contribution in [3.63, 3.8) is 0 Å². The van der Waals surface area contributed by atoms with Crippen LogP contribution in [0.25, 0.3) is 0 Å². The minimum Gasteiger partial charge on any atom is -0.329 e. The molecule has 0 aromatic carbocycles. The van der Waals surface area contributed by atoms with Gasteiger partial charge in [-0.15, -0.1) is 0 Å². The number of piperidine rings is 1. The van der Waals surface area contributed by atoms with Crippen molar-refractivity contribution in [3.05, 3.63) is 0 Å². The Hall–Kier alpha value is -0.0800. The average molecular weight is 142 g/mol. The van der Waals surface area contributed by atoms with Crippen molar-refractivity contribution in [2.75, 3.05) is 20.1 Å². The first-order chi connectivity index (χ1) is 4.74. The van der Waals surface area contributed by atoms with Crippen LogP contribution in [0.4, 0.5) is 0 Å². The SMILES string of the molecule is CC1CCN(C)C(CN)C1. The summed E-state index contributed by atoms with van der Waals surface area (Å²) in [6.45, 7) is 4.36. The molecule has 0 aromatic rings. The van der Waals surface area contributed by atoms with Gasteiger partial charge in [-0.1, -0.05) is 6.92 Å². The van der Waals surface area contributed by atoms with Gasteiger partial charge in [-0.2, -0.15) is 0 Å². The van der Waals surface area contributed by atoms with Crippen molar-refractivity contribution in [2.24, 2.45) is 11.7 Å². The van der Waals surface area contributed by atoms with E-state index < -0.39 is 0 Å². The highest BCUT2D eigenvalue weighted by Crippen LogP contribution is 2.19. The van der Waals surface area contributed by atoms with Crippen molar-refractivity contribution in [3.8, 4) is 0 Å². The molecule has 1 fully saturated rings. The molecule has 2 N–H and O–H groups in total. The molecule has 1 aliphatic heterocycles. The fraction of sp³-hybridized carbons (Fsp3) is 1.00. The molecule has 2 atom stereocenters. The van der Waals surface area contributed by atoms with E-state index in [9.17, 15) is 0 Å². The molecule has 2 heteroatoms. The molecular formula is C8H18N2. The van der Waals surface area contributed by atoms with Gasteiger partial charge in [0.2, 0.25) is 0 Å². The number of nitrogens with two attached hydrogens (primary N) is 1. The Morgan fingerprint density at radius 3 is 2.80 bits per heavy atom. The van der Waals surface area contributed by atoms with Crippen LogP contribution in [0, 0.1) is 5.92 Å². The normalized spacial score (nSPS) is 36.3. The van der Waals surface area contributed by atoms with Crippen molar-refractivity contribution in [1.82, 2.24) is 4.90 Å². The predicted molar refractivity (Wildman–Crippen MR) is 43.9 cm³/mol. The first kappa shape index (κ1) is 8.02. The monoisotopic (exact) mass is 142 g/mol. The van der Waals surface area contributed by atoms with Crippen LogP contribution in [0.5, 0.6) is 0 Å². The van der Waals surface area contributed by atoms with Gasteiger partial charge in [0.05, 0.1) is 0 Å². The molecule has 0 spiro atoms. The van der Waals surface area contributed by atoms with Gasteiger partial charge in [-0.3, -0.25) is 0 Å². The Kier molecular flexibility index (Phi) is 2.69. The topological polar surface area (TPSA) is 29.3 Å². The zero-order chi connectivity index (χ0) is 7.56. The molecule has 0 aromatic heterocycles. The van der Waals surface area contributed by atoms with Crippen LogP contribution in [0.2, 0.25) is 0 Å². The number of hydrogen-bond donors (Lipinski definition) is 1. The largest absolute Gasteiger partial charge is 0.329 e. The Labute approximate surface area is 63.4 Å². The third-order valence-corrected chi connectivity index (χ3v) is 2.54. The molecule has 1 saturated heterocycles. The summed E-state index contributed by atoms with van der Waals surface area (Å²) in [5.41, 5.74) is 5.61. The van der Waals surface area contributed by atoms with E-state index >= 15 is 0 Å². The lowest BCUT2D eigenvalue weighted by molar-refractivity contribution is 0.154. The molecule has 2 nitrogen and oxygen atoms in total. The van der Waals surface area contributed by atoms with Crippen LogP contribution in [-0.2, 0) is 0 Å². The summed E-state index contributed by atoms with van der Waals surface area (Å²) in [5, 5.41) is 0. The predicted octanol–water partition coefficient (Wildman–Crippen LogP) is 0.675. The van der Waals surface area contributed by atoms with Crippen LogP contribution in [-0.4, -0.2) is 31.1 Å². The zero-order valence-electron chi connectivity index (χ0n) is 7.01.